The van der Waals surface area contributed by atoms with Crippen LogP contribution in [0.3, 0.4) is 0 Å². The van der Waals surface area contributed by atoms with Crippen molar-refractivity contribution in [1.82, 2.24) is 15.3 Å². The molecule has 1 aliphatic heterocycles. The van der Waals surface area contributed by atoms with Gasteiger partial charge in [-0.2, -0.15) is 0 Å². The summed E-state index contributed by atoms with van der Waals surface area (Å²) in [5, 5.41) is 3.47. The van der Waals surface area contributed by atoms with Crippen LogP contribution in [-0.4, -0.2) is 42.3 Å². The summed E-state index contributed by atoms with van der Waals surface area (Å²) in [6.07, 6.45) is 3.05. The Morgan fingerprint density at radius 3 is 2.76 bits per heavy atom. The largest absolute Gasteiger partial charge is 0.380 e. The van der Waals surface area contributed by atoms with Gasteiger partial charge >= 0.3 is 0 Å². The fourth-order valence-corrected chi connectivity index (χ4v) is 2.39. The quantitative estimate of drug-likeness (QED) is 0.902. The van der Waals surface area contributed by atoms with Crippen molar-refractivity contribution in [2.75, 3.05) is 31.2 Å². The minimum absolute atomic E-state index is 0.351. The molecule has 0 atom stereocenters. The van der Waals surface area contributed by atoms with Crippen molar-refractivity contribution in [1.29, 1.82) is 0 Å². The van der Waals surface area contributed by atoms with Gasteiger partial charge in [-0.1, -0.05) is 27.7 Å². The van der Waals surface area contributed by atoms with E-state index in [-0.39, 0.29) is 0 Å². The topological polar surface area (TPSA) is 50.3 Å². The zero-order chi connectivity index (χ0) is 15.2. The fraction of sp³-hybridized carbons (Fsp3) is 0.750. The molecule has 1 fully saturated rings. The number of nitrogens with zero attached hydrogens (tertiary/aromatic N) is 3. The molecule has 1 saturated heterocycles. The molecule has 0 radical (unpaired) electrons. The molecular weight excluding hydrogens is 264 g/mol. The highest BCUT2D eigenvalue weighted by atomic mass is 16.5. The first-order chi connectivity index (χ1) is 10.1. The second-order valence-electron chi connectivity index (χ2n) is 6.20. The summed E-state index contributed by atoms with van der Waals surface area (Å²) in [6.45, 7) is 12.9. The van der Waals surface area contributed by atoms with Crippen LogP contribution in [0.25, 0.3) is 0 Å². The summed E-state index contributed by atoms with van der Waals surface area (Å²) in [7, 11) is 0. The Morgan fingerprint density at radius 2 is 2.05 bits per heavy atom. The summed E-state index contributed by atoms with van der Waals surface area (Å²) in [5.74, 6) is 1.27. The Hall–Kier alpha value is -1.20. The monoisotopic (exact) mass is 292 g/mol. The van der Waals surface area contributed by atoms with Crippen molar-refractivity contribution < 1.29 is 4.74 Å². The maximum Gasteiger partial charge on any atom is 0.131 e. The predicted octanol–water partition coefficient (Wildman–Crippen LogP) is 2.32. The van der Waals surface area contributed by atoms with Gasteiger partial charge in [-0.25, -0.2) is 9.97 Å². The van der Waals surface area contributed by atoms with Crippen LogP contribution in [0.2, 0.25) is 0 Å². The number of hydrogen-bond acceptors (Lipinski definition) is 5. The molecule has 1 aromatic heterocycles. The summed E-state index contributed by atoms with van der Waals surface area (Å²) in [6, 6.07) is 0.447. The Kier molecular flexibility index (Phi) is 5.94. The summed E-state index contributed by atoms with van der Waals surface area (Å²) in [4.78, 5) is 11.7. The van der Waals surface area contributed by atoms with E-state index in [1.54, 1.807) is 0 Å². The van der Waals surface area contributed by atoms with Gasteiger partial charge in [0.15, 0.2) is 0 Å². The van der Waals surface area contributed by atoms with Crippen molar-refractivity contribution >= 4 is 5.69 Å². The number of anilines is 1. The molecule has 0 aromatic carbocycles. The lowest BCUT2D eigenvalue weighted by molar-refractivity contribution is 0.152. The van der Waals surface area contributed by atoms with Crippen LogP contribution < -0.4 is 10.2 Å². The number of ether oxygens (including phenoxy) is 1. The Balaban J connectivity index is 2.24. The number of rotatable bonds is 5. The van der Waals surface area contributed by atoms with Crippen LogP contribution in [0, 0.1) is 0 Å². The molecule has 0 unspecified atom stereocenters. The molecule has 5 heteroatoms. The van der Waals surface area contributed by atoms with Crippen LogP contribution in [-0.2, 0) is 11.3 Å². The minimum atomic E-state index is 0.351. The molecule has 0 bridgehead atoms. The molecule has 2 rings (SSSR count). The van der Waals surface area contributed by atoms with Crippen LogP contribution in [0.5, 0.6) is 0 Å². The zero-order valence-electron chi connectivity index (χ0n) is 13.7. The van der Waals surface area contributed by atoms with Gasteiger partial charge in [0, 0.05) is 38.2 Å². The molecule has 0 aliphatic carbocycles. The molecule has 2 heterocycles. The third-order valence-corrected chi connectivity index (χ3v) is 3.62. The highest BCUT2D eigenvalue weighted by Gasteiger charge is 2.17. The average molecular weight is 292 g/mol. The van der Waals surface area contributed by atoms with Crippen LogP contribution in [0.15, 0.2) is 6.20 Å². The normalized spacial score (nSPS) is 16.6. The Bertz CT molecular complexity index is 440. The smallest absolute Gasteiger partial charge is 0.131 e. The van der Waals surface area contributed by atoms with Crippen LogP contribution in [0.4, 0.5) is 5.69 Å². The first kappa shape index (κ1) is 16.2. The predicted molar refractivity (Wildman–Crippen MR) is 85.7 cm³/mol. The third kappa shape index (κ3) is 4.64. The fourth-order valence-electron chi connectivity index (χ4n) is 2.39. The van der Waals surface area contributed by atoms with E-state index >= 15 is 0 Å². The average Bonchev–Trinajstić information content (AvgIpc) is 2.73. The van der Waals surface area contributed by atoms with Crippen LogP contribution >= 0.6 is 0 Å². The highest BCUT2D eigenvalue weighted by molar-refractivity contribution is 5.49. The van der Waals surface area contributed by atoms with Gasteiger partial charge in [-0.15, -0.1) is 0 Å². The number of nitrogens with one attached hydrogen (secondary N) is 1. The van der Waals surface area contributed by atoms with Gasteiger partial charge in [-0.05, 0) is 6.42 Å². The second kappa shape index (κ2) is 7.71. The zero-order valence-corrected chi connectivity index (χ0v) is 13.7. The lowest BCUT2D eigenvalue weighted by Crippen LogP contribution is -2.30. The molecule has 0 spiro atoms. The SMILES string of the molecule is CC(C)NCc1nc(C(C)C)ncc1N1CCCOCC1. The van der Waals surface area contributed by atoms with E-state index in [9.17, 15) is 0 Å². The Morgan fingerprint density at radius 1 is 1.24 bits per heavy atom. The third-order valence-electron chi connectivity index (χ3n) is 3.62. The summed E-state index contributed by atoms with van der Waals surface area (Å²) in [5.41, 5.74) is 2.25. The van der Waals surface area contributed by atoms with E-state index in [2.05, 4.69) is 42.9 Å². The second-order valence-corrected chi connectivity index (χ2v) is 6.20. The van der Waals surface area contributed by atoms with E-state index in [1.807, 2.05) is 6.20 Å². The molecular formula is C16H28N4O. The Labute approximate surface area is 128 Å². The maximum atomic E-state index is 5.55. The van der Waals surface area contributed by atoms with Crippen molar-refractivity contribution in [2.24, 2.45) is 0 Å². The number of aromatic nitrogens is 2. The van der Waals surface area contributed by atoms with Crippen molar-refractivity contribution in [2.45, 2.75) is 52.6 Å². The van der Waals surface area contributed by atoms with E-state index in [0.717, 1.165) is 56.5 Å². The number of hydrogen-bond donors (Lipinski definition) is 1. The van der Waals surface area contributed by atoms with Crippen molar-refractivity contribution in [3.8, 4) is 0 Å². The van der Waals surface area contributed by atoms with E-state index in [1.165, 1.54) is 0 Å². The molecule has 0 amide bonds. The van der Waals surface area contributed by atoms with Gasteiger partial charge < -0.3 is 15.0 Å². The standard InChI is InChI=1S/C16H28N4O/c1-12(2)16-18-11-15(14(19-16)10-17-13(3)4)20-6-5-8-21-9-7-20/h11-13,17H,5-10H2,1-4H3. The molecule has 5 nitrogen and oxygen atoms in total. The first-order valence-corrected chi connectivity index (χ1v) is 7.99. The molecule has 118 valence electrons. The lowest BCUT2D eigenvalue weighted by atomic mass is 10.2. The highest BCUT2D eigenvalue weighted by Crippen LogP contribution is 2.21. The molecule has 1 N–H and O–H groups in total. The minimum Gasteiger partial charge on any atom is -0.380 e. The summed E-state index contributed by atoms with van der Waals surface area (Å²) < 4.78 is 5.55. The summed E-state index contributed by atoms with van der Waals surface area (Å²) >= 11 is 0. The van der Waals surface area contributed by atoms with Gasteiger partial charge in [-0.3, -0.25) is 0 Å². The molecule has 1 aromatic rings. The maximum absolute atomic E-state index is 5.55. The van der Waals surface area contributed by atoms with Gasteiger partial charge in [0.1, 0.15) is 5.82 Å². The van der Waals surface area contributed by atoms with Crippen LogP contribution in [0.1, 0.15) is 51.6 Å². The lowest BCUT2D eigenvalue weighted by Gasteiger charge is -2.25. The van der Waals surface area contributed by atoms with Gasteiger partial charge in [0.05, 0.1) is 24.2 Å². The molecule has 1 aliphatic rings. The van der Waals surface area contributed by atoms with E-state index in [4.69, 9.17) is 9.72 Å². The molecule has 0 saturated carbocycles. The van der Waals surface area contributed by atoms with Crippen molar-refractivity contribution in [3.63, 3.8) is 0 Å². The van der Waals surface area contributed by atoms with Gasteiger partial charge in [0.25, 0.3) is 0 Å². The van der Waals surface area contributed by atoms with E-state index < -0.39 is 0 Å². The van der Waals surface area contributed by atoms with Gasteiger partial charge in [0.2, 0.25) is 0 Å². The van der Waals surface area contributed by atoms with Crippen molar-refractivity contribution in [3.05, 3.63) is 17.7 Å². The van der Waals surface area contributed by atoms with E-state index in [0.29, 0.717) is 12.0 Å². The molecule has 21 heavy (non-hydrogen) atoms. The first-order valence-electron chi connectivity index (χ1n) is 7.99.